The molecule has 0 radical (unpaired) electrons. The third-order valence-corrected chi connectivity index (χ3v) is 5.10. The third kappa shape index (κ3) is 5.29. The summed E-state index contributed by atoms with van der Waals surface area (Å²) in [7, 11) is -3.35. The average Bonchev–Trinajstić information content (AvgIpc) is 2.68. The second-order valence-corrected chi connectivity index (χ2v) is 8.48. The van der Waals surface area contributed by atoms with Crippen molar-refractivity contribution in [2.24, 2.45) is 0 Å². The minimum absolute atomic E-state index is 0.0113. The van der Waals surface area contributed by atoms with E-state index in [4.69, 9.17) is 0 Å². The fraction of sp³-hybridized carbons (Fsp3) is 0.316. The Labute approximate surface area is 164 Å². The largest absolute Gasteiger partial charge is 0.349 e. The molecule has 2 amide bonds. The van der Waals surface area contributed by atoms with Crippen LogP contribution in [0.3, 0.4) is 0 Å². The highest BCUT2D eigenvalue weighted by atomic mass is 32.2. The van der Waals surface area contributed by atoms with Gasteiger partial charge in [-0.2, -0.15) is 0 Å². The molecule has 1 saturated heterocycles. The summed E-state index contributed by atoms with van der Waals surface area (Å²) >= 11 is 0. The lowest BCUT2D eigenvalue weighted by Gasteiger charge is -2.32. The predicted octanol–water partition coefficient (Wildman–Crippen LogP) is 1.49. The van der Waals surface area contributed by atoms with E-state index in [1.165, 1.54) is 0 Å². The SMILES string of the molecule is CS(=O)(=O)Nc1ccc(C(=O)NC2CCN(C(=O)c3ccncc3)CC2)cc1. The van der Waals surface area contributed by atoms with Crippen molar-refractivity contribution in [3.8, 4) is 0 Å². The number of likely N-dealkylation sites (tertiary alicyclic amines) is 1. The van der Waals surface area contributed by atoms with Crippen LogP contribution in [0.1, 0.15) is 33.6 Å². The molecular formula is C19H22N4O4S. The number of anilines is 1. The molecule has 1 fully saturated rings. The predicted molar refractivity (Wildman–Crippen MR) is 106 cm³/mol. The van der Waals surface area contributed by atoms with Crippen molar-refractivity contribution >= 4 is 27.5 Å². The summed E-state index contributed by atoms with van der Waals surface area (Å²) in [5, 5.41) is 2.98. The zero-order valence-electron chi connectivity index (χ0n) is 15.5. The maximum atomic E-state index is 12.4. The van der Waals surface area contributed by atoms with E-state index in [9.17, 15) is 18.0 Å². The van der Waals surface area contributed by atoms with E-state index in [0.29, 0.717) is 42.7 Å². The van der Waals surface area contributed by atoms with Crippen molar-refractivity contribution in [3.05, 3.63) is 59.9 Å². The third-order valence-electron chi connectivity index (χ3n) is 4.49. The zero-order valence-corrected chi connectivity index (χ0v) is 16.3. The van der Waals surface area contributed by atoms with Crippen LogP contribution in [0.2, 0.25) is 0 Å². The van der Waals surface area contributed by atoms with E-state index < -0.39 is 10.0 Å². The van der Waals surface area contributed by atoms with E-state index in [-0.39, 0.29) is 17.9 Å². The van der Waals surface area contributed by atoms with Gasteiger partial charge in [0.1, 0.15) is 0 Å². The molecule has 1 aromatic heterocycles. The minimum atomic E-state index is -3.35. The first kappa shape index (κ1) is 19.8. The van der Waals surface area contributed by atoms with Crippen LogP contribution in [0.4, 0.5) is 5.69 Å². The van der Waals surface area contributed by atoms with Gasteiger partial charge in [-0.1, -0.05) is 0 Å². The van der Waals surface area contributed by atoms with Gasteiger partial charge in [-0.3, -0.25) is 19.3 Å². The van der Waals surface area contributed by atoms with E-state index in [0.717, 1.165) is 6.26 Å². The van der Waals surface area contributed by atoms with Gasteiger partial charge >= 0.3 is 0 Å². The Morgan fingerprint density at radius 3 is 2.18 bits per heavy atom. The molecular weight excluding hydrogens is 380 g/mol. The Hall–Kier alpha value is -2.94. The molecule has 9 heteroatoms. The number of nitrogens with zero attached hydrogens (tertiary/aromatic N) is 2. The Morgan fingerprint density at radius 1 is 1.00 bits per heavy atom. The van der Waals surface area contributed by atoms with Gasteiger partial charge in [-0.05, 0) is 49.2 Å². The molecule has 1 aliphatic heterocycles. The van der Waals surface area contributed by atoms with Gasteiger partial charge in [0, 0.05) is 48.3 Å². The molecule has 3 rings (SSSR count). The van der Waals surface area contributed by atoms with Crippen LogP contribution < -0.4 is 10.0 Å². The molecule has 28 heavy (non-hydrogen) atoms. The molecule has 0 aliphatic carbocycles. The summed E-state index contributed by atoms with van der Waals surface area (Å²) in [5.74, 6) is -0.244. The van der Waals surface area contributed by atoms with Gasteiger partial charge in [0.25, 0.3) is 11.8 Å². The number of aromatic nitrogens is 1. The minimum Gasteiger partial charge on any atom is -0.349 e. The smallest absolute Gasteiger partial charge is 0.253 e. The molecule has 1 aliphatic rings. The number of rotatable bonds is 5. The van der Waals surface area contributed by atoms with Gasteiger partial charge < -0.3 is 10.2 Å². The van der Waals surface area contributed by atoms with Crippen molar-refractivity contribution in [3.63, 3.8) is 0 Å². The number of sulfonamides is 1. The number of carbonyl (C=O) groups is 2. The lowest BCUT2D eigenvalue weighted by atomic mass is 10.0. The van der Waals surface area contributed by atoms with Crippen LogP contribution in [-0.2, 0) is 10.0 Å². The zero-order chi connectivity index (χ0) is 20.1. The molecule has 0 atom stereocenters. The summed E-state index contributed by atoms with van der Waals surface area (Å²) in [6.07, 6.45) is 5.61. The molecule has 2 aromatic rings. The van der Waals surface area contributed by atoms with Crippen molar-refractivity contribution in [1.29, 1.82) is 0 Å². The molecule has 0 spiro atoms. The van der Waals surface area contributed by atoms with Crippen LogP contribution in [0.5, 0.6) is 0 Å². The second-order valence-electron chi connectivity index (χ2n) is 6.73. The van der Waals surface area contributed by atoms with Crippen LogP contribution in [0.15, 0.2) is 48.8 Å². The second kappa shape index (κ2) is 8.39. The summed E-state index contributed by atoms with van der Waals surface area (Å²) in [4.78, 5) is 30.6. The van der Waals surface area contributed by atoms with Crippen LogP contribution in [0, 0.1) is 0 Å². The lowest BCUT2D eigenvalue weighted by Crippen LogP contribution is -2.46. The standard InChI is InChI=1S/C19H22N4O4S/c1-28(26,27)22-17-4-2-14(3-5-17)18(24)21-16-8-12-23(13-9-16)19(25)15-6-10-20-11-7-15/h2-7,10-11,16,22H,8-9,12-13H2,1H3,(H,21,24). The molecule has 0 saturated carbocycles. The molecule has 148 valence electrons. The molecule has 8 nitrogen and oxygen atoms in total. The summed E-state index contributed by atoms with van der Waals surface area (Å²) < 4.78 is 24.8. The number of nitrogens with one attached hydrogen (secondary N) is 2. The summed E-state index contributed by atoms with van der Waals surface area (Å²) in [5.41, 5.74) is 1.47. The molecule has 0 bridgehead atoms. The van der Waals surface area contributed by atoms with Crippen molar-refractivity contribution in [2.75, 3.05) is 24.1 Å². The van der Waals surface area contributed by atoms with Crippen molar-refractivity contribution in [2.45, 2.75) is 18.9 Å². The molecule has 0 unspecified atom stereocenters. The number of hydrogen-bond acceptors (Lipinski definition) is 5. The highest BCUT2D eigenvalue weighted by Crippen LogP contribution is 2.15. The highest BCUT2D eigenvalue weighted by molar-refractivity contribution is 7.92. The quantitative estimate of drug-likeness (QED) is 0.788. The first-order valence-electron chi connectivity index (χ1n) is 8.90. The average molecular weight is 402 g/mol. The first-order valence-corrected chi connectivity index (χ1v) is 10.8. The number of carbonyl (C=O) groups excluding carboxylic acids is 2. The Kier molecular flexibility index (Phi) is 5.93. The maximum absolute atomic E-state index is 12.4. The van der Waals surface area contributed by atoms with E-state index >= 15 is 0 Å². The maximum Gasteiger partial charge on any atom is 0.253 e. The van der Waals surface area contributed by atoms with Gasteiger partial charge in [0.05, 0.1) is 6.26 Å². The van der Waals surface area contributed by atoms with Gasteiger partial charge in [-0.15, -0.1) is 0 Å². The Bertz CT molecular complexity index is 938. The number of piperidine rings is 1. The van der Waals surface area contributed by atoms with Crippen molar-refractivity contribution in [1.82, 2.24) is 15.2 Å². The fourth-order valence-electron chi connectivity index (χ4n) is 3.08. The van der Waals surface area contributed by atoms with Gasteiger partial charge in [0.2, 0.25) is 10.0 Å². The highest BCUT2D eigenvalue weighted by Gasteiger charge is 2.24. The van der Waals surface area contributed by atoms with Crippen LogP contribution in [0.25, 0.3) is 0 Å². The lowest BCUT2D eigenvalue weighted by molar-refractivity contribution is 0.0698. The Morgan fingerprint density at radius 2 is 1.61 bits per heavy atom. The molecule has 2 heterocycles. The topological polar surface area (TPSA) is 108 Å². The summed E-state index contributed by atoms with van der Waals surface area (Å²) in [6.45, 7) is 1.15. The molecule has 1 aromatic carbocycles. The first-order chi connectivity index (χ1) is 13.3. The number of amides is 2. The van der Waals surface area contributed by atoms with E-state index in [1.54, 1.807) is 53.7 Å². The molecule has 2 N–H and O–H groups in total. The van der Waals surface area contributed by atoms with E-state index in [2.05, 4.69) is 15.0 Å². The van der Waals surface area contributed by atoms with Gasteiger partial charge in [-0.25, -0.2) is 8.42 Å². The normalized spacial score (nSPS) is 15.1. The van der Waals surface area contributed by atoms with Gasteiger partial charge in [0.15, 0.2) is 0 Å². The fourth-order valence-corrected chi connectivity index (χ4v) is 3.64. The van der Waals surface area contributed by atoms with E-state index in [1.807, 2.05) is 0 Å². The summed E-state index contributed by atoms with van der Waals surface area (Å²) in [6, 6.07) is 9.62. The number of benzene rings is 1. The van der Waals surface area contributed by atoms with Crippen LogP contribution >= 0.6 is 0 Å². The number of hydrogen-bond donors (Lipinski definition) is 2. The number of pyridine rings is 1. The monoisotopic (exact) mass is 402 g/mol. The van der Waals surface area contributed by atoms with Crippen molar-refractivity contribution < 1.29 is 18.0 Å². The van der Waals surface area contributed by atoms with Crippen LogP contribution in [-0.4, -0.2) is 55.5 Å². The Balaban J connectivity index is 1.52.